The fourth-order valence-electron chi connectivity index (χ4n) is 2.96. The summed E-state index contributed by atoms with van der Waals surface area (Å²) in [6.07, 6.45) is 1.59. The average Bonchev–Trinajstić information content (AvgIpc) is 3.10. The lowest BCUT2D eigenvalue weighted by Crippen LogP contribution is -2.17. The van der Waals surface area contributed by atoms with Crippen LogP contribution in [-0.2, 0) is 0 Å². The number of nitriles is 1. The number of rotatable bonds is 4. The first-order chi connectivity index (χ1) is 13.3. The fourth-order valence-corrected chi connectivity index (χ4v) is 3.22. The van der Waals surface area contributed by atoms with E-state index in [0.717, 1.165) is 32.7 Å². The van der Waals surface area contributed by atoms with Gasteiger partial charge in [0.25, 0.3) is 5.91 Å². The highest BCUT2D eigenvalue weighted by atomic mass is 79.9. The van der Waals surface area contributed by atoms with Crippen LogP contribution < -0.4 is 5.43 Å². The predicted molar refractivity (Wildman–Crippen MR) is 111 cm³/mol. The van der Waals surface area contributed by atoms with Crippen molar-refractivity contribution in [2.45, 2.75) is 27.7 Å². The lowest BCUT2D eigenvalue weighted by atomic mass is 10.2. The molecule has 0 unspecified atom stereocenters. The third-order valence-electron chi connectivity index (χ3n) is 4.63. The number of amides is 1. The molecule has 142 valence electrons. The highest BCUT2D eigenvalue weighted by Crippen LogP contribution is 2.28. The van der Waals surface area contributed by atoms with E-state index in [1.807, 2.05) is 38.3 Å². The van der Waals surface area contributed by atoms with E-state index < -0.39 is 0 Å². The van der Waals surface area contributed by atoms with Crippen LogP contribution in [0.25, 0.3) is 5.88 Å². The molecular weight excluding hydrogens is 420 g/mol. The van der Waals surface area contributed by atoms with Gasteiger partial charge < -0.3 is 4.42 Å². The molecule has 1 N–H and O–H groups in total. The van der Waals surface area contributed by atoms with Crippen LogP contribution in [0.2, 0.25) is 0 Å². The van der Waals surface area contributed by atoms with Crippen LogP contribution in [-0.4, -0.2) is 16.7 Å². The highest BCUT2D eigenvalue weighted by molar-refractivity contribution is 9.10. The van der Waals surface area contributed by atoms with Gasteiger partial charge in [0.2, 0.25) is 5.88 Å². The van der Waals surface area contributed by atoms with Crippen LogP contribution in [0.15, 0.2) is 44.3 Å². The number of hydrogen-bond acceptors (Lipinski definition) is 4. The van der Waals surface area contributed by atoms with Gasteiger partial charge >= 0.3 is 0 Å². The van der Waals surface area contributed by atoms with Gasteiger partial charge in [-0.1, -0.05) is 15.9 Å². The SMILES string of the molecule is Cc1oc(-n2c(C)cc(/C=N\NC(=O)c3ccc(Br)cc3)c2C)c(C#N)c1C. The van der Waals surface area contributed by atoms with Crippen molar-refractivity contribution in [3.63, 3.8) is 0 Å². The first-order valence-corrected chi connectivity index (χ1v) is 9.41. The average molecular weight is 439 g/mol. The van der Waals surface area contributed by atoms with Crippen molar-refractivity contribution >= 4 is 28.1 Å². The summed E-state index contributed by atoms with van der Waals surface area (Å²) in [7, 11) is 0. The first kappa shape index (κ1) is 19.6. The fraction of sp³-hybridized carbons (Fsp3) is 0.190. The summed E-state index contributed by atoms with van der Waals surface area (Å²) in [6, 6.07) is 11.2. The molecule has 2 heterocycles. The normalized spacial score (nSPS) is 11.0. The van der Waals surface area contributed by atoms with E-state index in [1.54, 1.807) is 30.5 Å². The molecule has 0 radical (unpaired) electrons. The summed E-state index contributed by atoms with van der Waals surface area (Å²) in [4.78, 5) is 12.2. The zero-order chi connectivity index (χ0) is 20.4. The van der Waals surface area contributed by atoms with Crippen LogP contribution in [0, 0.1) is 39.0 Å². The smallest absolute Gasteiger partial charge is 0.271 e. The van der Waals surface area contributed by atoms with Gasteiger partial charge in [-0.25, -0.2) is 5.43 Å². The van der Waals surface area contributed by atoms with Gasteiger partial charge in [0.1, 0.15) is 17.4 Å². The Kier molecular flexibility index (Phi) is 5.52. The van der Waals surface area contributed by atoms with Gasteiger partial charge in [0, 0.05) is 32.6 Å². The number of nitrogens with one attached hydrogen (secondary N) is 1. The molecule has 3 aromatic rings. The zero-order valence-electron chi connectivity index (χ0n) is 16.0. The van der Waals surface area contributed by atoms with Crippen LogP contribution in [0.5, 0.6) is 0 Å². The molecule has 1 amide bonds. The molecule has 6 nitrogen and oxygen atoms in total. The largest absolute Gasteiger partial charge is 0.443 e. The molecule has 0 spiro atoms. The first-order valence-electron chi connectivity index (χ1n) is 8.61. The molecule has 0 atom stereocenters. The summed E-state index contributed by atoms with van der Waals surface area (Å²) in [6.45, 7) is 7.56. The minimum absolute atomic E-state index is 0.290. The summed E-state index contributed by atoms with van der Waals surface area (Å²) in [5.41, 5.74) is 7.00. The van der Waals surface area contributed by atoms with E-state index in [1.165, 1.54) is 0 Å². The van der Waals surface area contributed by atoms with E-state index in [2.05, 4.69) is 32.5 Å². The Bertz CT molecular complexity index is 1110. The lowest BCUT2D eigenvalue weighted by Gasteiger charge is -2.06. The molecule has 0 aliphatic rings. The maximum atomic E-state index is 12.2. The molecular formula is C21H19BrN4O2. The number of aryl methyl sites for hydroxylation is 2. The standard InChI is InChI=1S/C21H19BrN4O2/c1-12-9-17(11-24-25-20(27)16-5-7-18(22)8-6-16)14(3)26(12)21-19(10-23)13(2)15(4)28-21/h5-9,11H,1-4H3,(H,25,27)/b24-11-. The van der Waals surface area contributed by atoms with Crippen molar-refractivity contribution in [2.75, 3.05) is 0 Å². The number of carbonyl (C=O) groups is 1. The predicted octanol–water partition coefficient (Wildman–Crippen LogP) is 4.70. The second-order valence-corrected chi connectivity index (χ2v) is 7.36. The maximum absolute atomic E-state index is 12.2. The molecule has 0 aliphatic heterocycles. The van der Waals surface area contributed by atoms with Crippen molar-refractivity contribution in [1.82, 2.24) is 9.99 Å². The second kappa shape index (κ2) is 7.87. The van der Waals surface area contributed by atoms with Crippen LogP contribution >= 0.6 is 15.9 Å². The second-order valence-electron chi connectivity index (χ2n) is 6.44. The number of carbonyl (C=O) groups excluding carboxylic acids is 1. The Hall–Kier alpha value is -3.11. The highest BCUT2D eigenvalue weighted by Gasteiger charge is 2.20. The molecule has 0 fully saturated rings. The number of nitrogens with zero attached hydrogens (tertiary/aromatic N) is 3. The van der Waals surface area contributed by atoms with Gasteiger partial charge in [-0.05, 0) is 58.0 Å². The van der Waals surface area contributed by atoms with Crippen LogP contribution in [0.1, 0.15) is 44.2 Å². The van der Waals surface area contributed by atoms with Crippen molar-refractivity contribution in [1.29, 1.82) is 5.26 Å². The number of hydrogen-bond donors (Lipinski definition) is 1. The number of halogens is 1. The Morgan fingerprint density at radius 3 is 2.57 bits per heavy atom. The number of furan rings is 1. The monoisotopic (exact) mass is 438 g/mol. The van der Waals surface area contributed by atoms with Gasteiger partial charge in [-0.3, -0.25) is 9.36 Å². The van der Waals surface area contributed by atoms with Gasteiger partial charge in [0.15, 0.2) is 0 Å². The van der Waals surface area contributed by atoms with Crippen LogP contribution in [0.3, 0.4) is 0 Å². The summed E-state index contributed by atoms with van der Waals surface area (Å²) in [5.74, 6) is 0.934. The Morgan fingerprint density at radius 2 is 1.93 bits per heavy atom. The van der Waals surface area contributed by atoms with E-state index in [-0.39, 0.29) is 5.91 Å². The number of hydrazone groups is 1. The lowest BCUT2D eigenvalue weighted by molar-refractivity contribution is 0.0955. The third-order valence-corrected chi connectivity index (χ3v) is 5.16. The molecule has 0 aliphatic carbocycles. The molecule has 1 aromatic carbocycles. The van der Waals surface area contributed by atoms with Crippen molar-refractivity contribution in [3.8, 4) is 12.0 Å². The summed E-state index contributed by atoms with van der Waals surface area (Å²) in [5, 5.41) is 13.6. The molecule has 28 heavy (non-hydrogen) atoms. The maximum Gasteiger partial charge on any atom is 0.271 e. The van der Waals surface area contributed by atoms with Crippen molar-refractivity contribution in [2.24, 2.45) is 5.10 Å². The third kappa shape index (κ3) is 3.64. The van der Waals surface area contributed by atoms with E-state index in [9.17, 15) is 10.1 Å². The van der Waals surface area contributed by atoms with E-state index in [0.29, 0.717) is 17.0 Å². The molecule has 3 rings (SSSR count). The summed E-state index contributed by atoms with van der Waals surface area (Å²) >= 11 is 3.34. The Balaban J connectivity index is 1.85. The number of aromatic nitrogens is 1. The minimum Gasteiger partial charge on any atom is -0.443 e. The minimum atomic E-state index is -0.290. The quantitative estimate of drug-likeness (QED) is 0.473. The summed E-state index contributed by atoms with van der Waals surface area (Å²) < 4.78 is 8.62. The van der Waals surface area contributed by atoms with Gasteiger partial charge in [-0.2, -0.15) is 10.4 Å². The molecule has 0 saturated carbocycles. The van der Waals surface area contributed by atoms with Gasteiger partial charge in [0.05, 0.1) is 6.21 Å². The van der Waals surface area contributed by atoms with Crippen LogP contribution in [0.4, 0.5) is 0 Å². The van der Waals surface area contributed by atoms with Crippen molar-refractivity contribution < 1.29 is 9.21 Å². The molecule has 2 aromatic heterocycles. The molecule has 0 saturated heterocycles. The molecule has 0 bridgehead atoms. The van der Waals surface area contributed by atoms with Gasteiger partial charge in [-0.15, -0.1) is 0 Å². The molecule has 7 heteroatoms. The van der Waals surface area contributed by atoms with E-state index in [4.69, 9.17) is 4.42 Å². The van der Waals surface area contributed by atoms with E-state index >= 15 is 0 Å². The zero-order valence-corrected chi connectivity index (χ0v) is 17.6. The van der Waals surface area contributed by atoms with Crippen molar-refractivity contribution in [3.05, 3.63) is 74.2 Å². The number of benzene rings is 1. The Labute approximate surface area is 171 Å². The topological polar surface area (TPSA) is 83.3 Å². The Morgan fingerprint density at radius 1 is 1.25 bits per heavy atom.